The van der Waals surface area contributed by atoms with E-state index in [0.717, 1.165) is 25.3 Å². The highest BCUT2D eigenvalue weighted by atomic mass is 32.2. The molecule has 2 aliphatic heterocycles. The molecule has 0 aliphatic carbocycles. The fourth-order valence-corrected chi connectivity index (χ4v) is 5.63. The van der Waals surface area contributed by atoms with Gasteiger partial charge in [0, 0.05) is 25.3 Å². The van der Waals surface area contributed by atoms with Gasteiger partial charge in [-0.05, 0) is 55.2 Å². The standard InChI is InChI=1S/C21H21F3N2O3S/c22-21(23,24)18-7-3-2-6-17(18)20(27)26-13-10-15-14-16(8-9-19(15)26)30(28,29)25-11-4-1-5-12-25/h2-3,6-9,14H,1,4-5,10-13H2. The minimum absolute atomic E-state index is 0.160. The van der Waals surface area contributed by atoms with Crippen LogP contribution < -0.4 is 4.90 Å². The molecule has 1 saturated heterocycles. The van der Waals surface area contributed by atoms with Gasteiger partial charge >= 0.3 is 6.18 Å². The van der Waals surface area contributed by atoms with Crippen LogP contribution in [0.2, 0.25) is 0 Å². The number of sulfonamides is 1. The Morgan fingerprint density at radius 2 is 1.63 bits per heavy atom. The fraction of sp³-hybridized carbons (Fsp3) is 0.381. The molecule has 0 saturated carbocycles. The van der Waals surface area contributed by atoms with E-state index < -0.39 is 33.2 Å². The zero-order valence-electron chi connectivity index (χ0n) is 16.2. The van der Waals surface area contributed by atoms with E-state index >= 15 is 0 Å². The third-order valence-corrected chi connectivity index (χ3v) is 7.50. The zero-order valence-corrected chi connectivity index (χ0v) is 17.0. The summed E-state index contributed by atoms with van der Waals surface area (Å²) in [4.78, 5) is 14.4. The van der Waals surface area contributed by atoms with E-state index in [2.05, 4.69) is 0 Å². The van der Waals surface area contributed by atoms with Crippen LogP contribution in [0.4, 0.5) is 18.9 Å². The minimum Gasteiger partial charge on any atom is -0.308 e. The van der Waals surface area contributed by atoms with E-state index in [4.69, 9.17) is 0 Å². The van der Waals surface area contributed by atoms with Crippen LogP contribution in [0.1, 0.15) is 40.7 Å². The van der Waals surface area contributed by atoms with E-state index in [1.807, 2.05) is 0 Å². The number of nitrogens with zero attached hydrogens (tertiary/aromatic N) is 2. The van der Waals surface area contributed by atoms with Crippen molar-refractivity contribution in [1.82, 2.24) is 4.31 Å². The van der Waals surface area contributed by atoms with Gasteiger partial charge in [0.15, 0.2) is 0 Å². The first kappa shape index (κ1) is 20.9. The van der Waals surface area contributed by atoms with Crippen LogP contribution in [0.5, 0.6) is 0 Å². The van der Waals surface area contributed by atoms with Crippen LogP contribution in [0.3, 0.4) is 0 Å². The number of piperidine rings is 1. The quantitative estimate of drug-likeness (QED) is 0.726. The Balaban J connectivity index is 1.64. The first-order valence-corrected chi connectivity index (χ1v) is 11.2. The topological polar surface area (TPSA) is 57.7 Å². The lowest BCUT2D eigenvalue weighted by Gasteiger charge is -2.26. The van der Waals surface area contributed by atoms with Crippen LogP contribution in [0, 0.1) is 0 Å². The highest BCUT2D eigenvalue weighted by Crippen LogP contribution is 2.36. The largest absolute Gasteiger partial charge is 0.417 e. The second kappa shape index (κ2) is 7.70. The summed E-state index contributed by atoms with van der Waals surface area (Å²) in [5, 5.41) is 0. The van der Waals surface area contributed by atoms with Gasteiger partial charge in [-0.2, -0.15) is 17.5 Å². The lowest BCUT2D eigenvalue weighted by atomic mass is 10.1. The molecule has 30 heavy (non-hydrogen) atoms. The molecule has 0 aromatic heterocycles. The van der Waals surface area contributed by atoms with Gasteiger partial charge < -0.3 is 4.90 Å². The van der Waals surface area contributed by atoms with Crippen molar-refractivity contribution in [2.45, 2.75) is 36.8 Å². The van der Waals surface area contributed by atoms with Crippen molar-refractivity contribution in [3.8, 4) is 0 Å². The Kier molecular flexibility index (Phi) is 5.36. The van der Waals surface area contributed by atoms with Gasteiger partial charge in [0.25, 0.3) is 5.91 Å². The van der Waals surface area contributed by atoms with E-state index in [0.29, 0.717) is 30.8 Å². The number of hydrogen-bond acceptors (Lipinski definition) is 3. The van der Waals surface area contributed by atoms with Crippen LogP contribution >= 0.6 is 0 Å². The van der Waals surface area contributed by atoms with Crippen LogP contribution in [0.15, 0.2) is 47.4 Å². The van der Waals surface area contributed by atoms with Gasteiger partial charge in [-0.1, -0.05) is 18.6 Å². The summed E-state index contributed by atoms with van der Waals surface area (Å²) < 4.78 is 67.2. The predicted molar refractivity (Wildman–Crippen MR) is 106 cm³/mol. The average molecular weight is 438 g/mol. The summed E-state index contributed by atoms with van der Waals surface area (Å²) in [5.74, 6) is -0.742. The Labute approximate surface area is 173 Å². The van der Waals surface area contributed by atoms with Crippen molar-refractivity contribution in [3.63, 3.8) is 0 Å². The predicted octanol–water partition coefficient (Wildman–Crippen LogP) is 4.08. The molecule has 5 nitrogen and oxygen atoms in total. The zero-order chi connectivity index (χ0) is 21.5. The first-order valence-electron chi connectivity index (χ1n) is 9.81. The van der Waals surface area contributed by atoms with Crippen molar-refractivity contribution in [2.24, 2.45) is 0 Å². The molecule has 0 spiro atoms. The third-order valence-electron chi connectivity index (χ3n) is 5.61. The number of anilines is 1. The molecule has 9 heteroatoms. The Hall–Kier alpha value is -2.39. The van der Waals surface area contributed by atoms with E-state index in [1.54, 1.807) is 6.07 Å². The molecular weight excluding hydrogens is 417 g/mol. The summed E-state index contributed by atoms with van der Waals surface area (Å²) in [5.41, 5.74) is -0.295. The summed E-state index contributed by atoms with van der Waals surface area (Å²) in [6, 6.07) is 9.19. The normalized spacial score (nSPS) is 17.8. The van der Waals surface area contributed by atoms with Gasteiger partial charge in [-0.25, -0.2) is 8.42 Å². The fourth-order valence-electron chi connectivity index (χ4n) is 4.07. The monoisotopic (exact) mass is 438 g/mol. The molecule has 2 aromatic rings. The van der Waals surface area contributed by atoms with Crippen LogP contribution in [0.25, 0.3) is 0 Å². The second-order valence-electron chi connectivity index (χ2n) is 7.51. The number of hydrogen-bond donors (Lipinski definition) is 0. The Morgan fingerprint density at radius 1 is 0.933 bits per heavy atom. The molecule has 0 unspecified atom stereocenters. The number of fused-ring (bicyclic) bond motifs is 1. The molecule has 160 valence electrons. The molecule has 0 atom stereocenters. The minimum atomic E-state index is -4.64. The maximum atomic E-state index is 13.3. The summed E-state index contributed by atoms with van der Waals surface area (Å²) in [7, 11) is -3.62. The number of carbonyl (C=O) groups excluding carboxylic acids is 1. The lowest BCUT2D eigenvalue weighted by molar-refractivity contribution is -0.137. The summed E-state index contributed by atoms with van der Waals surface area (Å²) >= 11 is 0. The van der Waals surface area contributed by atoms with E-state index in [-0.39, 0.29) is 11.4 Å². The van der Waals surface area contributed by atoms with Gasteiger partial charge in [0.2, 0.25) is 10.0 Å². The van der Waals surface area contributed by atoms with E-state index in [9.17, 15) is 26.4 Å². The average Bonchev–Trinajstić information content (AvgIpc) is 3.16. The van der Waals surface area contributed by atoms with Crippen molar-refractivity contribution in [1.29, 1.82) is 0 Å². The maximum Gasteiger partial charge on any atom is 0.417 e. The molecule has 0 N–H and O–H groups in total. The van der Waals surface area contributed by atoms with Gasteiger partial charge in [-0.15, -0.1) is 0 Å². The number of carbonyl (C=O) groups is 1. The van der Waals surface area contributed by atoms with Crippen LogP contribution in [-0.2, 0) is 22.6 Å². The third kappa shape index (κ3) is 3.72. The molecule has 2 aromatic carbocycles. The molecular formula is C21H21F3N2O3S. The number of alkyl halides is 3. The van der Waals surface area contributed by atoms with Gasteiger partial charge in [-0.3, -0.25) is 4.79 Å². The highest BCUT2D eigenvalue weighted by molar-refractivity contribution is 7.89. The summed E-state index contributed by atoms with van der Waals surface area (Å²) in [6.45, 7) is 1.17. The first-order chi connectivity index (χ1) is 14.2. The van der Waals surface area contributed by atoms with Gasteiger partial charge in [0.1, 0.15) is 0 Å². The summed E-state index contributed by atoms with van der Waals surface area (Å²) in [6.07, 6.45) is -1.59. The van der Waals surface area contributed by atoms with Crippen molar-refractivity contribution in [3.05, 3.63) is 59.2 Å². The van der Waals surface area contributed by atoms with Crippen molar-refractivity contribution >= 4 is 21.6 Å². The molecule has 4 rings (SSSR count). The number of rotatable bonds is 3. The molecule has 1 fully saturated rings. The number of halogens is 3. The molecule has 2 heterocycles. The second-order valence-corrected chi connectivity index (χ2v) is 9.44. The van der Waals surface area contributed by atoms with Gasteiger partial charge in [0.05, 0.1) is 16.0 Å². The Bertz CT molecular complexity index is 1080. The number of amides is 1. The van der Waals surface area contributed by atoms with Crippen molar-refractivity contribution in [2.75, 3.05) is 24.5 Å². The van der Waals surface area contributed by atoms with Crippen molar-refractivity contribution < 1.29 is 26.4 Å². The Morgan fingerprint density at radius 3 is 2.33 bits per heavy atom. The van der Waals surface area contributed by atoms with E-state index in [1.165, 1.54) is 39.5 Å². The highest BCUT2D eigenvalue weighted by Gasteiger charge is 2.37. The number of benzene rings is 2. The lowest BCUT2D eigenvalue weighted by Crippen LogP contribution is -2.35. The SMILES string of the molecule is O=C(c1ccccc1C(F)(F)F)N1CCc2cc(S(=O)(=O)N3CCCCC3)ccc21. The molecule has 1 amide bonds. The molecule has 0 radical (unpaired) electrons. The maximum absolute atomic E-state index is 13.3. The molecule has 2 aliphatic rings. The van der Waals surface area contributed by atoms with Crippen LogP contribution in [-0.4, -0.2) is 38.3 Å². The molecule has 0 bridgehead atoms. The smallest absolute Gasteiger partial charge is 0.308 e.